The van der Waals surface area contributed by atoms with Gasteiger partial charge in [0.05, 0.1) is 24.6 Å². The molecule has 1 aliphatic rings. The Morgan fingerprint density at radius 2 is 1.79 bits per heavy atom. The van der Waals surface area contributed by atoms with Gasteiger partial charge in [-0.15, -0.1) is 0 Å². The fourth-order valence-corrected chi connectivity index (χ4v) is 3.66. The Labute approximate surface area is 169 Å². The summed E-state index contributed by atoms with van der Waals surface area (Å²) in [7, 11) is 3.31. The van der Waals surface area contributed by atoms with Crippen molar-refractivity contribution < 1.29 is 24.2 Å². The van der Waals surface area contributed by atoms with Crippen LogP contribution < -0.4 is 10.1 Å². The van der Waals surface area contributed by atoms with Gasteiger partial charge in [-0.05, 0) is 41.8 Å². The second-order valence-electron chi connectivity index (χ2n) is 7.09. The van der Waals surface area contributed by atoms with Crippen LogP contribution in [0.25, 0.3) is 0 Å². The first-order valence-electron chi connectivity index (χ1n) is 9.40. The van der Waals surface area contributed by atoms with Gasteiger partial charge in [-0.25, -0.2) is 4.79 Å². The summed E-state index contributed by atoms with van der Waals surface area (Å²) in [5, 5.41) is 11.9. The van der Waals surface area contributed by atoms with E-state index in [4.69, 9.17) is 9.84 Å². The van der Waals surface area contributed by atoms with E-state index in [0.717, 1.165) is 11.1 Å². The molecule has 2 N–H and O–H groups in total. The van der Waals surface area contributed by atoms with Crippen LogP contribution in [0, 0.1) is 5.92 Å². The van der Waals surface area contributed by atoms with Gasteiger partial charge in [0.1, 0.15) is 5.75 Å². The van der Waals surface area contributed by atoms with Crippen LogP contribution in [-0.4, -0.2) is 41.9 Å². The molecule has 7 nitrogen and oxygen atoms in total. The number of likely N-dealkylation sites (tertiary alicyclic amines) is 1. The molecule has 7 heteroatoms. The number of aromatic carboxylic acids is 1. The molecule has 0 saturated carbocycles. The van der Waals surface area contributed by atoms with Crippen molar-refractivity contribution >= 4 is 17.8 Å². The molecular weight excluding hydrogens is 372 g/mol. The molecule has 0 aromatic heterocycles. The molecule has 152 valence electrons. The van der Waals surface area contributed by atoms with E-state index in [0.29, 0.717) is 25.1 Å². The fourth-order valence-electron chi connectivity index (χ4n) is 3.66. The van der Waals surface area contributed by atoms with Gasteiger partial charge in [-0.1, -0.05) is 24.3 Å². The van der Waals surface area contributed by atoms with E-state index in [-0.39, 0.29) is 29.3 Å². The van der Waals surface area contributed by atoms with Crippen molar-refractivity contribution in [2.75, 3.05) is 14.2 Å². The van der Waals surface area contributed by atoms with E-state index in [2.05, 4.69) is 5.32 Å². The van der Waals surface area contributed by atoms with Crippen LogP contribution in [0.2, 0.25) is 0 Å². The number of carbonyl (C=O) groups excluding carboxylic acids is 2. The van der Waals surface area contributed by atoms with Gasteiger partial charge < -0.3 is 20.1 Å². The first kappa shape index (κ1) is 20.4. The summed E-state index contributed by atoms with van der Waals surface area (Å²) in [5.41, 5.74) is 1.89. The molecule has 1 saturated heterocycles. The van der Waals surface area contributed by atoms with E-state index in [1.54, 1.807) is 31.2 Å². The lowest BCUT2D eigenvalue weighted by Crippen LogP contribution is -2.46. The Kier molecular flexibility index (Phi) is 6.16. The Balaban J connectivity index is 1.73. The van der Waals surface area contributed by atoms with E-state index in [1.165, 1.54) is 12.1 Å². The minimum Gasteiger partial charge on any atom is -0.497 e. The minimum absolute atomic E-state index is 0.0131. The second kappa shape index (κ2) is 8.77. The van der Waals surface area contributed by atoms with Crippen molar-refractivity contribution in [3.63, 3.8) is 0 Å². The number of methoxy groups -OCH3 is 1. The number of nitrogens with one attached hydrogen (secondary N) is 1. The molecule has 2 unspecified atom stereocenters. The lowest BCUT2D eigenvalue weighted by atomic mass is 9.84. The summed E-state index contributed by atoms with van der Waals surface area (Å²) in [6.07, 6.45) is 0.804. The zero-order valence-electron chi connectivity index (χ0n) is 16.4. The molecule has 0 aliphatic carbocycles. The quantitative estimate of drug-likeness (QED) is 0.783. The van der Waals surface area contributed by atoms with E-state index >= 15 is 0 Å². The van der Waals surface area contributed by atoms with Crippen molar-refractivity contribution in [2.45, 2.75) is 25.4 Å². The summed E-state index contributed by atoms with van der Waals surface area (Å²) >= 11 is 0. The minimum atomic E-state index is -0.988. The molecule has 1 fully saturated rings. The Hall–Kier alpha value is -3.35. The summed E-state index contributed by atoms with van der Waals surface area (Å²) in [6.45, 7) is 0.294. The number of carboxylic acid groups (broad SMARTS) is 1. The maximum Gasteiger partial charge on any atom is 0.335 e. The zero-order valence-corrected chi connectivity index (χ0v) is 16.4. The smallest absolute Gasteiger partial charge is 0.335 e. The molecule has 2 amide bonds. The predicted octanol–water partition coefficient (Wildman–Crippen LogP) is 2.62. The van der Waals surface area contributed by atoms with Gasteiger partial charge >= 0.3 is 5.97 Å². The monoisotopic (exact) mass is 396 g/mol. The summed E-state index contributed by atoms with van der Waals surface area (Å²) in [4.78, 5) is 37.8. The number of rotatable bonds is 6. The van der Waals surface area contributed by atoms with E-state index < -0.39 is 5.97 Å². The summed E-state index contributed by atoms with van der Waals surface area (Å²) < 4.78 is 5.19. The number of carboxylic acids is 1. The number of hydrogen-bond donors (Lipinski definition) is 2. The first-order chi connectivity index (χ1) is 13.9. The summed E-state index contributed by atoms with van der Waals surface area (Å²) in [5.74, 6) is -0.766. The topological polar surface area (TPSA) is 95.9 Å². The predicted molar refractivity (Wildman–Crippen MR) is 106 cm³/mol. The van der Waals surface area contributed by atoms with Crippen LogP contribution >= 0.6 is 0 Å². The van der Waals surface area contributed by atoms with Crippen LogP contribution in [0.4, 0.5) is 0 Å². The lowest BCUT2D eigenvalue weighted by molar-refractivity contribution is -0.141. The van der Waals surface area contributed by atoms with Gasteiger partial charge in [-0.2, -0.15) is 0 Å². The highest BCUT2D eigenvalue weighted by Gasteiger charge is 2.38. The summed E-state index contributed by atoms with van der Waals surface area (Å²) in [6, 6.07) is 13.4. The average Bonchev–Trinajstić information content (AvgIpc) is 2.74. The zero-order chi connectivity index (χ0) is 21.0. The number of ether oxygens (including phenoxy) is 1. The highest BCUT2D eigenvalue weighted by molar-refractivity contribution is 5.87. The van der Waals surface area contributed by atoms with Crippen LogP contribution in [0.3, 0.4) is 0 Å². The third-order valence-electron chi connectivity index (χ3n) is 5.32. The highest BCUT2D eigenvalue weighted by Crippen LogP contribution is 2.36. The number of amides is 2. The number of hydrogen-bond acceptors (Lipinski definition) is 4. The van der Waals surface area contributed by atoms with Crippen LogP contribution in [0.1, 0.15) is 40.4 Å². The van der Waals surface area contributed by atoms with E-state index in [9.17, 15) is 14.4 Å². The largest absolute Gasteiger partial charge is 0.497 e. The van der Waals surface area contributed by atoms with Gasteiger partial charge in [0, 0.05) is 20.0 Å². The molecule has 1 heterocycles. The Bertz CT molecular complexity index is 892. The highest BCUT2D eigenvalue weighted by atomic mass is 16.5. The van der Waals surface area contributed by atoms with Crippen molar-refractivity contribution in [2.24, 2.45) is 5.92 Å². The second-order valence-corrected chi connectivity index (χ2v) is 7.09. The van der Waals surface area contributed by atoms with Crippen LogP contribution in [0.15, 0.2) is 48.5 Å². The van der Waals surface area contributed by atoms with Gasteiger partial charge in [-0.3, -0.25) is 9.59 Å². The molecule has 29 heavy (non-hydrogen) atoms. The molecule has 1 aliphatic heterocycles. The van der Waals surface area contributed by atoms with Crippen molar-refractivity contribution in [3.8, 4) is 5.75 Å². The fraction of sp³-hybridized carbons (Fsp3) is 0.318. The van der Waals surface area contributed by atoms with Crippen molar-refractivity contribution in [3.05, 3.63) is 65.2 Å². The maximum absolute atomic E-state index is 12.9. The molecule has 0 spiro atoms. The van der Waals surface area contributed by atoms with Crippen molar-refractivity contribution in [1.82, 2.24) is 10.2 Å². The lowest BCUT2D eigenvalue weighted by Gasteiger charge is -2.38. The molecule has 2 atom stereocenters. The number of nitrogens with zero attached hydrogens (tertiary/aromatic N) is 1. The molecule has 3 rings (SSSR count). The molecule has 2 aromatic carbocycles. The standard InChI is InChI=1S/C22H24N2O5/c1-24-19(25)12-11-18(20(24)15-7-9-17(29-2)10-8-15)21(26)23-13-14-3-5-16(6-4-14)22(27)28/h3-10,18,20H,11-13H2,1-2H3,(H,23,26)(H,27,28). The molecule has 0 radical (unpaired) electrons. The number of carbonyl (C=O) groups is 3. The third-order valence-corrected chi connectivity index (χ3v) is 5.32. The number of benzene rings is 2. The normalized spacial score (nSPS) is 19.0. The molecule has 0 bridgehead atoms. The SMILES string of the molecule is COc1ccc(C2C(C(=O)NCc3ccc(C(=O)O)cc3)CCC(=O)N2C)cc1. The molecule has 2 aromatic rings. The number of piperidine rings is 1. The van der Waals surface area contributed by atoms with Crippen LogP contribution in [0.5, 0.6) is 5.75 Å². The average molecular weight is 396 g/mol. The van der Waals surface area contributed by atoms with E-state index in [1.807, 2.05) is 24.3 Å². The Morgan fingerprint density at radius 1 is 1.14 bits per heavy atom. The first-order valence-corrected chi connectivity index (χ1v) is 9.40. The van der Waals surface area contributed by atoms with Gasteiger partial charge in [0.25, 0.3) is 0 Å². The van der Waals surface area contributed by atoms with Crippen molar-refractivity contribution in [1.29, 1.82) is 0 Å². The Morgan fingerprint density at radius 3 is 2.38 bits per heavy atom. The third kappa shape index (κ3) is 4.56. The van der Waals surface area contributed by atoms with Gasteiger partial charge in [0.15, 0.2) is 0 Å². The maximum atomic E-state index is 12.9. The molecular formula is C22H24N2O5. The van der Waals surface area contributed by atoms with Crippen LogP contribution in [-0.2, 0) is 16.1 Å². The van der Waals surface area contributed by atoms with Gasteiger partial charge in [0.2, 0.25) is 11.8 Å².